The molecule has 1 amide bonds. The van der Waals surface area contributed by atoms with Crippen molar-refractivity contribution in [1.29, 1.82) is 0 Å². The Balaban J connectivity index is 2.71. The van der Waals surface area contributed by atoms with Crippen LogP contribution >= 0.6 is 11.6 Å². The first-order valence-corrected chi connectivity index (χ1v) is 7.21. The van der Waals surface area contributed by atoms with Crippen LogP contribution in [0.3, 0.4) is 0 Å². The Morgan fingerprint density at radius 3 is 2.43 bits per heavy atom. The van der Waals surface area contributed by atoms with Gasteiger partial charge in [0.25, 0.3) is 0 Å². The minimum atomic E-state index is -0.292. The highest BCUT2D eigenvalue weighted by molar-refractivity contribution is 6.32. The molecule has 5 nitrogen and oxygen atoms in total. The van der Waals surface area contributed by atoms with Crippen molar-refractivity contribution >= 4 is 17.5 Å². The maximum atomic E-state index is 11.8. The van der Waals surface area contributed by atoms with Gasteiger partial charge in [0, 0.05) is 12.6 Å². The summed E-state index contributed by atoms with van der Waals surface area (Å²) in [6.45, 7) is 6.18. The number of rotatable bonds is 7. The fraction of sp³-hybridized carbons (Fsp3) is 0.533. The SMILES string of the molecule is COc1cc(CNC(C)C(=O)NC(C)C)cc(Cl)c1OC. The monoisotopic (exact) mass is 314 g/mol. The van der Waals surface area contributed by atoms with Gasteiger partial charge in [-0.2, -0.15) is 0 Å². The molecular formula is C15H23ClN2O3. The summed E-state index contributed by atoms with van der Waals surface area (Å²) in [7, 11) is 3.10. The highest BCUT2D eigenvalue weighted by Crippen LogP contribution is 2.35. The van der Waals surface area contributed by atoms with Crippen molar-refractivity contribution in [2.75, 3.05) is 14.2 Å². The van der Waals surface area contributed by atoms with Gasteiger partial charge < -0.3 is 20.1 Å². The Labute approximate surface area is 131 Å². The number of nitrogens with one attached hydrogen (secondary N) is 2. The van der Waals surface area contributed by atoms with E-state index < -0.39 is 0 Å². The second-order valence-electron chi connectivity index (χ2n) is 5.08. The third-order valence-corrected chi connectivity index (χ3v) is 3.21. The smallest absolute Gasteiger partial charge is 0.237 e. The summed E-state index contributed by atoms with van der Waals surface area (Å²) in [5, 5.41) is 6.49. The lowest BCUT2D eigenvalue weighted by Gasteiger charge is -2.17. The van der Waals surface area contributed by atoms with Crippen LogP contribution in [0.1, 0.15) is 26.3 Å². The van der Waals surface area contributed by atoms with Crippen LogP contribution in [0.25, 0.3) is 0 Å². The van der Waals surface area contributed by atoms with Gasteiger partial charge in [0.2, 0.25) is 5.91 Å². The molecule has 1 aromatic carbocycles. The molecule has 0 saturated heterocycles. The number of amides is 1. The zero-order valence-electron chi connectivity index (χ0n) is 13.1. The fourth-order valence-corrected chi connectivity index (χ4v) is 2.16. The lowest BCUT2D eigenvalue weighted by Crippen LogP contribution is -2.44. The van der Waals surface area contributed by atoms with E-state index in [0.29, 0.717) is 23.1 Å². The Kier molecular flexibility index (Phi) is 6.78. The predicted molar refractivity (Wildman–Crippen MR) is 84.1 cm³/mol. The molecule has 0 aliphatic rings. The molecule has 1 rings (SSSR count). The topological polar surface area (TPSA) is 59.6 Å². The minimum Gasteiger partial charge on any atom is -0.493 e. The molecule has 118 valence electrons. The molecular weight excluding hydrogens is 292 g/mol. The van der Waals surface area contributed by atoms with E-state index in [4.69, 9.17) is 21.1 Å². The standard InChI is InChI=1S/C15H23ClN2O3/c1-9(2)18-15(19)10(3)17-8-11-6-12(16)14(21-5)13(7-11)20-4/h6-7,9-10,17H,8H2,1-5H3,(H,18,19). The quantitative estimate of drug-likeness (QED) is 0.811. The zero-order valence-corrected chi connectivity index (χ0v) is 13.9. The maximum absolute atomic E-state index is 11.8. The predicted octanol–water partition coefficient (Wildman–Crippen LogP) is 2.36. The van der Waals surface area contributed by atoms with E-state index in [1.54, 1.807) is 20.3 Å². The van der Waals surface area contributed by atoms with E-state index in [1.807, 2.05) is 26.8 Å². The number of hydrogen-bond donors (Lipinski definition) is 2. The highest BCUT2D eigenvalue weighted by Gasteiger charge is 2.15. The number of carbonyl (C=O) groups excluding carboxylic acids is 1. The van der Waals surface area contributed by atoms with Gasteiger partial charge in [0.1, 0.15) is 0 Å². The second kappa shape index (κ2) is 8.10. The van der Waals surface area contributed by atoms with Crippen molar-refractivity contribution in [2.24, 2.45) is 0 Å². The van der Waals surface area contributed by atoms with E-state index in [1.165, 1.54) is 0 Å². The molecule has 1 unspecified atom stereocenters. The van der Waals surface area contributed by atoms with Crippen molar-refractivity contribution in [3.05, 3.63) is 22.7 Å². The molecule has 0 spiro atoms. The number of methoxy groups -OCH3 is 2. The number of ether oxygens (including phenoxy) is 2. The van der Waals surface area contributed by atoms with Crippen LogP contribution in [-0.2, 0) is 11.3 Å². The first-order valence-electron chi connectivity index (χ1n) is 6.83. The van der Waals surface area contributed by atoms with Gasteiger partial charge in [-0.15, -0.1) is 0 Å². The third-order valence-electron chi connectivity index (χ3n) is 2.93. The van der Waals surface area contributed by atoms with Crippen LogP contribution in [0, 0.1) is 0 Å². The number of benzene rings is 1. The lowest BCUT2D eigenvalue weighted by atomic mass is 10.2. The normalized spacial score (nSPS) is 12.1. The summed E-state index contributed by atoms with van der Waals surface area (Å²) in [5.74, 6) is 1.05. The van der Waals surface area contributed by atoms with Crippen LogP contribution < -0.4 is 20.1 Å². The van der Waals surface area contributed by atoms with Crippen LogP contribution in [0.4, 0.5) is 0 Å². The molecule has 6 heteroatoms. The average Bonchev–Trinajstić information content (AvgIpc) is 2.43. The summed E-state index contributed by atoms with van der Waals surface area (Å²) in [6, 6.07) is 3.46. The Hall–Kier alpha value is -1.46. The van der Waals surface area contributed by atoms with Crippen molar-refractivity contribution in [3.63, 3.8) is 0 Å². The summed E-state index contributed by atoms with van der Waals surface area (Å²) >= 11 is 6.15. The summed E-state index contributed by atoms with van der Waals surface area (Å²) in [4.78, 5) is 11.8. The molecule has 1 atom stereocenters. The summed E-state index contributed by atoms with van der Waals surface area (Å²) < 4.78 is 10.4. The Bertz CT molecular complexity index is 492. The first-order chi connectivity index (χ1) is 9.88. The van der Waals surface area contributed by atoms with E-state index >= 15 is 0 Å². The minimum absolute atomic E-state index is 0.0310. The van der Waals surface area contributed by atoms with Gasteiger partial charge >= 0.3 is 0 Å². The summed E-state index contributed by atoms with van der Waals surface area (Å²) in [6.07, 6.45) is 0. The summed E-state index contributed by atoms with van der Waals surface area (Å²) in [5.41, 5.74) is 0.918. The van der Waals surface area contributed by atoms with Gasteiger partial charge in [-0.05, 0) is 38.5 Å². The molecule has 0 bridgehead atoms. The molecule has 0 saturated carbocycles. The fourth-order valence-electron chi connectivity index (χ4n) is 1.85. The van der Waals surface area contributed by atoms with Crippen LogP contribution in [0.2, 0.25) is 5.02 Å². The lowest BCUT2D eigenvalue weighted by molar-refractivity contribution is -0.123. The van der Waals surface area contributed by atoms with Crippen LogP contribution in [0.15, 0.2) is 12.1 Å². The molecule has 0 aromatic heterocycles. The van der Waals surface area contributed by atoms with E-state index in [0.717, 1.165) is 5.56 Å². The van der Waals surface area contributed by atoms with E-state index in [-0.39, 0.29) is 18.0 Å². The van der Waals surface area contributed by atoms with Gasteiger partial charge in [0.15, 0.2) is 11.5 Å². The van der Waals surface area contributed by atoms with Crippen LogP contribution in [0.5, 0.6) is 11.5 Å². The molecule has 0 radical (unpaired) electrons. The number of halogens is 1. The molecule has 0 heterocycles. The largest absolute Gasteiger partial charge is 0.493 e. The average molecular weight is 315 g/mol. The zero-order chi connectivity index (χ0) is 16.0. The second-order valence-corrected chi connectivity index (χ2v) is 5.49. The van der Waals surface area contributed by atoms with Crippen molar-refractivity contribution in [1.82, 2.24) is 10.6 Å². The van der Waals surface area contributed by atoms with E-state index in [9.17, 15) is 4.79 Å². The number of carbonyl (C=O) groups is 1. The Morgan fingerprint density at radius 2 is 1.90 bits per heavy atom. The first kappa shape index (κ1) is 17.6. The molecule has 0 fully saturated rings. The number of hydrogen-bond acceptors (Lipinski definition) is 4. The van der Waals surface area contributed by atoms with Crippen molar-refractivity contribution in [2.45, 2.75) is 39.4 Å². The molecule has 21 heavy (non-hydrogen) atoms. The van der Waals surface area contributed by atoms with Crippen LogP contribution in [-0.4, -0.2) is 32.2 Å². The van der Waals surface area contributed by atoms with Crippen molar-refractivity contribution < 1.29 is 14.3 Å². The molecule has 2 N–H and O–H groups in total. The van der Waals surface area contributed by atoms with Gasteiger partial charge in [0.05, 0.1) is 25.3 Å². The van der Waals surface area contributed by atoms with Gasteiger partial charge in [-0.3, -0.25) is 4.79 Å². The van der Waals surface area contributed by atoms with Gasteiger partial charge in [-0.25, -0.2) is 0 Å². The highest BCUT2D eigenvalue weighted by atomic mass is 35.5. The van der Waals surface area contributed by atoms with E-state index in [2.05, 4.69) is 10.6 Å². The maximum Gasteiger partial charge on any atom is 0.237 e. The van der Waals surface area contributed by atoms with Gasteiger partial charge in [-0.1, -0.05) is 11.6 Å². The van der Waals surface area contributed by atoms with Crippen molar-refractivity contribution in [3.8, 4) is 11.5 Å². The molecule has 0 aliphatic heterocycles. The molecule has 1 aromatic rings. The Morgan fingerprint density at radius 1 is 1.24 bits per heavy atom. The third kappa shape index (κ3) is 5.10. The molecule has 0 aliphatic carbocycles.